The van der Waals surface area contributed by atoms with Crippen LogP contribution >= 0.6 is 0 Å². The minimum atomic E-state index is -0.640. The standard InChI is InChI=1S/C11H21NO2/c1-8(2)12-6-5-9(10(13)14)11(3,4)7-12/h8-9H,5-7H2,1-4H3,(H,13,14). The Bertz CT molecular complexity index is 223. The molecule has 82 valence electrons. The number of carbonyl (C=O) groups is 1. The van der Waals surface area contributed by atoms with E-state index >= 15 is 0 Å². The maximum absolute atomic E-state index is 11.0. The van der Waals surface area contributed by atoms with Gasteiger partial charge < -0.3 is 10.0 Å². The second kappa shape index (κ2) is 3.89. The lowest BCUT2D eigenvalue weighted by atomic mass is 9.73. The van der Waals surface area contributed by atoms with Crippen LogP contribution in [0, 0.1) is 11.3 Å². The summed E-state index contributed by atoms with van der Waals surface area (Å²) in [6.45, 7) is 10.2. The zero-order valence-corrected chi connectivity index (χ0v) is 9.58. The summed E-state index contributed by atoms with van der Waals surface area (Å²) in [7, 11) is 0. The molecule has 0 bridgehead atoms. The smallest absolute Gasteiger partial charge is 0.307 e. The maximum atomic E-state index is 11.0. The summed E-state index contributed by atoms with van der Waals surface area (Å²) in [6.07, 6.45) is 0.778. The molecule has 1 unspecified atom stereocenters. The molecule has 1 saturated heterocycles. The summed E-state index contributed by atoms with van der Waals surface area (Å²) in [5.41, 5.74) is -0.103. The van der Waals surface area contributed by atoms with Crippen LogP contribution in [0.2, 0.25) is 0 Å². The van der Waals surface area contributed by atoms with Crippen LogP contribution in [-0.4, -0.2) is 35.1 Å². The van der Waals surface area contributed by atoms with Crippen molar-refractivity contribution in [1.82, 2.24) is 4.90 Å². The molecule has 1 heterocycles. The Labute approximate surface area is 86.1 Å². The van der Waals surface area contributed by atoms with Gasteiger partial charge in [0.25, 0.3) is 0 Å². The Balaban J connectivity index is 2.70. The first kappa shape index (κ1) is 11.5. The largest absolute Gasteiger partial charge is 0.481 e. The topological polar surface area (TPSA) is 40.5 Å². The number of rotatable bonds is 2. The number of carboxylic acid groups (broad SMARTS) is 1. The molecular formula is C11H21NO2. The summed E-state index contributed by atoms with van der Waals surface area (Å²) < 4.78 is 0. The van der Waals surface area contributed by atoms with Crippen molar-refractivity contribution in [2.24, 2.45) is 11.3 Å². The number of hydrogen-bond acceptors (Lipinski definition) is 2. The lowest BCUT2D eigenvalue weighted by Gasteiger charge is -2.44. The predicted molar refractivity (Wildman–Crippen MR) is 56.2 cm³/mol. The molecule has 0 amide bonds. The van der Waals surface area contributed by atoms with Crippen LogP contribution in [0.3, 0.4) is 0 Å². The quantitative estimate of drug-likeness (QED) is 0.737. The number of hydrogen-bond donors (Lipinski definition) is 1. The first-order valence-corrected chi connectivity index (χ1v) is 5.31. The average molecular weight is 199 g/mol. The molecular weight excluding hydrogens is 178 g/mol. The van der Waals surface area contributed by atoms with Crippen molar-refractivity contribution in [1.29, 1.82) is 0 Å². The van der Waals surface area contributed by atoms with E-state index in [0.29, 0.717) is 6.04 Å². The van der Waals surface area contributed by atoms with E-state index < -0.39 is 5.97 Å². The summed E-state index contributed by atoms with van der Waals surface area (Å²) in [4.78, 5) is 13.4. The van der Waals surface area contributed by atoms with Crippen molar-refractivity contribution in [3.63, 3.8) is 0 Å². The lowest BCUT2D eigenvalue weighted by Crippen LogP contribution is -2.50. The Kier molecular flexibility index (Phi) is 3.20. The van der Waals surface area contributed by atoms with Gasteiger partial charge in [-0.05, 0) is 32.2 Å². The third-order valence-corrected chi connectivity index (χ3v) is 3.29. The second-order valence-electron chi connectivity index (χ2n) is 5.23. The molecule has 1 aliphatic rings. The van der Waals surface area contributed by atoms with Crippen LogP contribution in [0.25, 0.3) is 0 Å². The second-order valence-corrected chi connectivity index (χ2v) is 5.23. The van der Waals surface area contributed by atoms with Gasteiger partial charge in [-0.15, -0.1) is 0 Å². The normalized spacial score (nSPS) is 27.9. The lowest BCUT2D eigenvalue weighted by molar-refractivity contribution is -0.149. The van der Waals surface area contributed by atoms with Gasteiger partial charge >= 0.3 is 5.97 Å². The average Bonchev–Trinajstić information content (AvgIpc) is 2.01. The van der Waals surface area contributed by atoms with Gasteiger partial charge in [0.1, 0.15) is 0 Å². The molecule has 1 fully saturated rings. The van der Waals surface area contributed by atoms with E-state index in [1.54, 1.807) is 0 Å². The molecule has 0 aromatic heterocycles. The Morgan fingerprint density at radius 3 is 2.43 bits per heavy atom. The van der Waals surface area contributed by atoms with Gasteiger partial charge in [0.05, 0.1) is 5.92 Å². The molecule has 1 rings (SSSR count). The highest BCUT2D eigenvalue weighted by molar-refractivity contribution is 5.71. The highest BCUT2D eigenvalue weighted by atomic mass is 16.4. The van der Waals surface area contributed by atoms with Gasteiger partial charge in [-0.3, -0.25) is 4.79 Å². The van der Waals surface area contributed by atoms with Gasteiger partial charge in [-0.1, -0.05) is 13.8 Å². The van der Waals surface area contributed by atoms with Crippen molar-refractivity contribution in [3.05, 3.63) is 0 Å². The molecule has 3 nitrogen and oxygen atoms in total. The summed E-state index contributed by atoms with van der Waals surface area (Å²) in [5, 5.41) is 9.08. The molecule has 0 spiro atoms. The number of likely N-dealkylation sites (tertiary alicyclic amines) is 1. The minimum Gasteiger partial charge on any atom is -0.481 e. The zero-order chi connectivity index (χ0) is 10.9. The number of carboxylic acids is 1. The highest BCUT2D eigenvalue weighted by Gasteiger charge is 2.40. The third kappa shape index (κ3) is 2.27. The molecule has 1 aliphatic heterocycles. The van der Waals surface area contributed by atoms with Gasteiger partial charge in [0.2, 0.25) is 0 Å². The van der Waals surface area contributed by atoms with Crippen molar-refractivity contribution < 1.29 is 9.90 Å². The van der Waals surface area contributed by atoms with E-state index in [4.69, 9.17) is 5.11 Å². The minimum absolute atomic E-state index is 0.103. The summed E-state index contributed by atoms with van der Waals surface area (Å²) in [5.74, 6) is -0.823. The van der Waals surface area contributed by atoms with E-state index in [0.717, 1.165) is 19.5 Å². The Morgan fingerprint density at radius 2 is 2.07 bits per heavy atom. The number of piperidine rings is 1. The fraction of sp³-hybridized carbons (Fsp3) is 0.909. The van der Waals surface area contributed by atoms with Crippen LogP contribution < -0.4 is 0 Å². The van der Waals surface area contributed by atoms with Crippen molar-refractivity contribution >= 4 is 5.97 Å². The molecule has 0 saturated carbocycles. The molecule has 1 atom stereocenters. The predicted octanol–water partition coefficient (Wildman–Crippen LogP) is 1.83. The maximum Gasteiger partial charge on any atom is 0.307 e. The van der Waals surface area contributed by atoms with E-state index in [2.05, 4.69) is 32.6 Å². The fourth-order valence-corrected chi connectivity index (χ4v) is 2.30. The van der Waals surface area contributed by atoms with Gasteiger partial charge in [0, 0.05) is 12.6 Å². The van der Waals surface area contributed by atoms with Gasteiger partial charge in [-0.2, -0.15) is 0 Å². The monoisotopic (exact) mass is 199 g/mol. The molecule has 0 aromatic carbocycles. The molecule has 14 heavy (non-hydrogen) atoms. The molecule has 1 N–H and O–H groups in total. The van der Waals surface area contributed by atoms with Crippen molar-refractivity contribution in [2.75, 3.05) is 13.1 Å². The molecule has 3 heteroatoms. The van der Waals surface area contributed by atoms with E-state index in [9.17, 15) is 4.79 Å². The number of nitrogens with zero attached hydrogens (tertiary/aromatic N) is 1. The van der Waals surface area contributed by atoms with Crippen LogP contribution in [0.4, 0.5) is 0 Å². The number of aliphatic carboxylic acids is 1. The van der Waals surface area contributed by atoms with E-state index in [1.165, 1.54) is 0 Å². The Morgan fingerprint density at radius 1 is 1.50 bits per heavy atom. The first-order chi connectivity index (χ1) is 6.34. The molecule has 0 aromatic rings. The summed E-state index contributed by atoms with van der Waals surface area (Å²) in [6, 6.07) is 0.518. The SMILES string of the molecule is CC(C)N1CCC(C(=O)O)C(C)(C)C1. The van der Waals surface area contributed by atoms with E-state index in [-0.39, 0.29) is 11.3 Å². The summed E-state index contributed by atoms with van der Waals surface area (Å²) >= 11 is 0. The van der Waals surface area contributed by atoms with Crippen LogP contribution in [0.15, 0.2) is 0 Å². The zero-order valence-electron chi connectivity index (χ0n) is 9.58. The van der Waals surface area contributed by atoms with Crippen LogP contribution in [0.1, 0.15) is 34.1 Å². The molecule has 0 aliphatic carbocycles. The third-order valence-electron chi connectivity index (χ3n) is 3.29. The van der Waals surface area contributed by atoms with E-state index in [1.807, 2.05) is 0 Å². The van der Waals surface area contributed by atoms with Crippen molar-refractivity contribution in [2.45, 2.75) is 40.2 Å². The van der Waals surface area contributed by atoms with Crippen LogP contribution in [-0.2, 0) is 4.79 Å². The van der Waals surface area contributed by atoms with Gasteiger partial charge in [0.15, 0.2) is 0 Å². The van der Waals surface area contributed by atoms with Gasteiger partial charge in [-0.25, -0.2) is 0 Å². The fourth-order valence-electron chi connectivity index (χ4n) is 2.30. The van der Waals surface area contributed by atoms with Crippen molar-refractivity contribution in [3.8, 4) is 0 Å². The first-order valence-electron chi connectivity index (χ1n) is 5.31. The Hall–Kier alpha value is -0.570. The van der Waals surface area contributed by atoms with Crippen LogP contribution in [0.5, 0.6) is 0 Å². The molecule has 0 radical (unpaired) electrons. The highest BCUT2D eigenvalue weighted by Crippen LogP contribution is 2.35.